The van der Waals surface area contributed by atoms with Crippen molar-refractivity contribution in [2.24, 2.45) is 0 Å². The van der Waals surface area contributed by atoms with Crippen LogP contribution < -0.4 is 0 Å². The Labute approximate surface area is 120 Å². The zero-order chi connectivity index (χ0) is 15.8. The van der Waals surface area contributed by atoms with Gasteiger partial charge in [0.25, 0.3) is 0 Å². The third-order valence-corrected chi connectivity index (χ3v) is 2.67. The first-order chi connectivity index (χ1) is 9.49. The van der Waals surface area contributed by atoms with Crippen LogP contribution in [-0.4, -0.2) is 33.5 Å². The van der Waals surface area contributed by atoms with Crippen LogP contribution in [0.2, 0.25) is 0 Å². The minimum atomic E-state index is -1.16. The molecule has 0 aliphatic rings. The van der Waals surface area contributed by atoms with Gasteiger partial charge in [-0.05, 0) is 12.8 Å². The van der Waals surface area contributed by atoms with Crippen LogP contribution in [0.5, 0.6) is 0 Å². The van der Waals surface area contributed by atoms with Gasteiger partial charge in [-0.1, -0.05) is 52.4 Å². The summed E-state index contributed by atoms with van der Waals surface area (Å²) < 4.78 is 0. The Morgan fingerprint density at radius 1 is 1.00 bits per heavy atom. The molecule has 0 radical (unpaired) electrons. The summed E-state index contributed by atoms with van der Waals surface area (Å²) in [6.07, 6.45) is 6.92. The normalized spacial score (nSPS) is 11.2. The molecular weight excluding hydrogens is 264 g/mol. The number of rotatable bonds is 10. The number of hydrogen-bond donors (Lipinski definition) is 3. The Bertz CT molecular complexity index is 242. The highest BCUT2D eigenvalue weighted by atomic mass is 17.1. The molecule has 0 saturated heterocycles. The summed E-state index contributed by atoms with van der Waals surface area (Å²) in [6.45, 7) is 3.99. The SMILES string of the molecule is CCCC(=O)OO.CCCCCCCCC(O)C(=O)O. The van der Waals surface area contributed by atoms with Gasteiger partial charge in [0.15, 0.2) is 6.10 Å². The van der Waals surface area contributed by atoms with Crippen LogP contribution in [0.25, 0.3) is 0 Å². The predicted molar refractivity (Wildman–Crippen MR) is 75.3 cm³/mol. The summed E-state index contributed by atoms with van der Waals surface area (Å²) in [6, 6.07) is 0. The van der Waals surface area contributed by atoms with Crippen LogP contribution in [0.15, 0.2) is 0 Å². The smallest absolute Gasteiger partial charge is 0.342 e. The molecule has 0 aliphatic carbocycles. The summed E-state index contributed by atoms with van der Waals surface area (Å²) in [5, 5.41) is 24.9. The van der Waals surface area contributed by atoms with Crippen molar-refractivity contribution in [2.75, 3.05) is 0 Å². The summed E-state index contributed by atoms with van der Waals surface area (Å²) >= 11 is 0. The Morgan fingerprint density at radius 3 is 1.95 bits per heavy atom. The van der Waals surface area contributed by atoms with Gasteiger partial charge in [0.2, 0.25) is 0 Å². The standard InChI is InChI=1S/C10H20O3.C4H8O3/c1-2-3-4-5-6-7-8-9(11)10(12)13;1-2-3-4(5)7-6/h9,11H,2-8H2,1H3,(H,12,13);6H,2-3H2,1H3. The van der Waals surface area contributed by atoms with E-state index in [1.165, 1.54) is 19.3 Å². The number of carbonyl (C=O) groups is 2. The Hall–Kier alpha value is -1.14. The second-order valence-electron chi connectivity index (χ2n) is 4.62. The monoisotopic (exact) mass is 292 g/mol. The number of carboxylic acid groups (broad SMARTS) is 1. The van der Waals surface area contributed by atoms with Gasteiger partial charge in [-0.25, -0.2) is 9.59 Å². The molecule has 0 aromatic heterocycles. The van der Waals surface area contributed by atoms with E-state index in [2.05, 4.69) is 11.8 Å². The number of aliphatic carboxylic acids is 1. The third-order valence-electron chi connectivity index (χ3n) is 2.67. The predicted octanol–water partition coefficient (Wildman–Crippen LogP) is 2.99. The lowest BCUT2D eigenvalue weighted by molar-refractivity contribution is -0.234. The molecule has 0 fully saturated rings. The zero-order valence-electron chi connectivity index (χ0n) is 12.5. The number of unbranched alkanes of at least 4 members (excludes halogenated alkanes) is 5. The molecule has 120 valence electrons. The summed E-state index contributed by atoms with van der Waals surface area (Å²) in [4.78, 5) is 23.5. The molecule has 0 saturated carbocycles. The summed E-state index contributed by atoms with van der Waals surface area (Å²) in [5.74, 6) is -1.67. The van der Waals surface area contributed by atoms with Crippen LogP contribution in [-0.2, 0) is 14.5 Å². The molecule has 0 heterocycles. The molecule has 0 aromatic rings. The van der Waals surface area contributed by atoms with E-state index in [4.69, 9.17) is 15.5 Å². The lowest BCUT2D eigenvalue weighted by Crippen LogP contribution is -2.18. The van der Waals surface area contributed by atoms with E-state index in [0.29, 0.717) is 12.8 Å². The molecule has 0 aromatic carbocycles. The van der Waals surface area contributed by atoms with Crippen LogP contribution in [0.1, 0.15) is 71.6 Å². The van der Waals surface area contributed by atoms with E-state index in [9.17, 15) is 9.59 Å². The Balaban J connectivity index is 0. The lowest BCUT2D eigenvalue weighted by Gasteiger charge is -2.04. The number of carbonyl (C=O) groups excluding carboxylic acids is 1. The van der Waals surface area contributed by atoms with Crippen molar-refractivity contribution in [1.29, 1.82) is 0 Å². The van der Waals surface area contributed by atoms with Crippen molar-refractivity contribution in [3.8, 4) is 0 Å². The van der Waals surface area contributed by atoms with Crippen LogP contribution in [0.4, 0.5) is 0 Å². The largest absolute Gasteiger partial charge is 0.479 e. The van der Waals surface area contributed by atoms with E-state index < -0.39 is 18.0 Å². The molecule has 0 aliphatic heterocycles. The fraction of sp³-hybridized carbons (Fsp3) is 0.857. The van der Waals surface area contributed by atoms with Gasteiger partial charge in [-0.2, -0.15) is 5.26 Å². The molecule has 0 spiro atoms. The second-order valence-corrected chi connectivity index (χ2v) is 4.62. The number of carboxylic acids is 1. The third kappa shape index (κ3) is 16.9. The fourth-order valence-corrected chi connectivity index (χ4v) is 1.49. The highest BCUT2D eigenvalue weighted by Crippen LogP contribution is 2.08. The van der Waals surface area contributed by atoms with Crippen molar-refractivity contribution < 1.29 is 29.9 Å². The van der Waals surface area contributed by atoms with E-state index in [1.54, 1.807) is 0 Å². The molecule has 1 atom stereocenters. The van der Waals surface area contributed by atoms with Crippen molar-refractivity contribution >= 4 is 11.9 Å². The van der Waals surface area contributed by atoms with Crippen molar-refractivity contribution in [2.45, 2.75) is 77.7 Å². The molecule has 1 unspecified atom stereocenters. The Morgan fingerprint density at radius 2 is 1.55 bits per heavy atom. The van der Waals surface area contributed by atoms with E-state index >= 15 is 0 Å². The van der Waals surface area contributed by atoms with Gasteiger partial charge >= 0.3 is 11.9 Å². The van der Waals surface area contributed by atoms with Crippen LogP contribution in [0.3, 0.4) is 0 Å². The molecule has 0 rings (SSSR count). The zero-order valence-corrected chi connectivity index (χ0v) is 12.5. The maximum absolute atomic E-state index is 10.2. The highest BCUT2D eigenvalue weighted by Gasteiger charge is 2.11. The number of aliphatic hydroxyl groups excluding tert-OH is 1. The lowest BCUT2D eigenvalue weighted by atomic mass is 10.1. The average Bonchev–Trinajstić information content (AvgIpc) is 2.43. The molecule has 20 heavy (non-hydrogen) atoms. The minimum absolute atomic E-state index is 0.288. The van der Waals surface area contributed by atoms with Gasteiger partial charge in [-0.3, -0.25) is 0 Å². The second kappa shape index (κ2) is 15.9. The van der Waals surface area contributed by atoms with E-state index in [0.717, 1.165) is 19.3 Å². The van der Waals surface area contributed by atoms with Crippen molar-refractivity contribution in [3.05, 3.63) is 0 Å². The quantitative estimate of drug-likeness (QED) is 0.325. The first-order valence-electron chi connectivity index (χ1n) is 7.24. The highest BCUT2D eigenvalue weighted by molar-refractivity contribution is 5.71. The van der Waals surface area contributed by atoms with Crippen LogP contribution >= 0.6 is 0 Å². The number of aliphatic hydroxyl groups is 1. The van der Waals surface area contributed by atoms with Gasteiger partial charge in [-0.15, -0.1) is 0 Å². The van der Waals surface area contributed by atoms with Gasteiger partial charge in [0, 0.05) is 6.42 Å². The van der Waals surface area contributed by atoms with Crippen molar-refractivity contribution in [1.82, 2.24) is 0 Å². The van der Waals surface area contributed by atoms with Gasteiger partial charge in [0.1, 0.15) is 0 Å². The van der Waals surface area contributed by atoms with E-state index in [1.807, 2.05) is 6.92 Å². The Kier molecular flexibility index (Phi) is 16.8. The minimum Gasteiger partial charge on any atom is -0.479 e. The van der Waals surface area contributed by atoms with Gasteiger partial charge in [0.05, 0.1) is 0 Å². The molecular formula is C14H28O6. The summed E-state index contributed by atoms with van der Waals surface area (Å²) in [7, 11) is 0. The summed E-state index contributed by atoms with van der Waals surface area (Å²) in [5.41, 5.74) is 0. The van der Waals surface area contributed by atoms with E-state index in [-0.39, 0.29) is 6.42 Å². The first kappa shape index (κ1) is 21.2. The van der Waals surface area contributed by atoms with Gasteiger partial charge < -0.3 is 15.1 Å². The first-order valence-corrected chi connectivity index (χ1v) is 7.24. The van der Waals surface area contributed by atoms with Crippen molar-refractivity contribution in [3.63, 3.8) is 0 Å². The van der Waals surface area contributed by atoms with Crippen LogP contribution in [0, 0.1) is 0 Å². The molecule has 6 heteroatoms. The number of hydrogen-bond acceptors (Lipinski definition) is 5. The topological polar surface area (TPSA) is 104 Å². The fourth-order valence-electron chi connectivity index (χ4n) is 1.49. The maximum atomic E-state index is 10.2. The molecule has 0 amide bonds. The average molecular weight is 292 g/mol. The molecule has 0 bridgehead atoms. The molecule has 6 nitrogen and oxygen atoms in total. The molecule has 3 N–H and O–H groups in total. The maximum Gasteiger partial charge on any atom is 0.342 e.